The zero-order valence-electron chi connectivity index (χ0n) is 13.7. The summed E-state index contributed by atoms with van der Waals surface area (Å²) in [5, 5.41) is 3.27. The maximum atomic E-state index is 12.5. The van der Waals surface area contributed by atoms with E-state index in [9.17, 15) is 4.79 Å². The third-order valence-electron chi connectivity index (χ3n) is 4.17. The van der Waals surface area contributed by atoms with Crippen molar-refractivity contribution in [3.8, 4) is 0 Å². The molecular formula is C16H33N3O. The predicted octanol–water partition coefficient (Wildman–Crippen LogP) is 1.84. The number of carbonyl (C=O) groups excluding carboxylic acids is 1. The van der Waals surface area contributed by atoms with E-state index in [0.29, 0.717) is 11.8 Å². The van der Waals surface area contributed by atoms with Crippen LogP contribution in [-0.4, -0.2) is 44.0 Å². The molecule has 0 aliphatic heterocycles. The zero-order valence-corrected chi connectivity index (χ0v) is 13.7. The van der Waals surface area contributed by atoms with Gasteiger partial charge < -0.3 is 16.0 Å². The highest BCUT2D eigenvalue weighted by Gasteiger charge is 2.28. The molecule has 4 nitrogen and oxygen atoms in total. The van der Waals surface area contributed by atoms with E-state index in [4.69, 9.17) is 5.73 Å². The van der Waals surface area contributed by atoms with Crippen molar-refractivity contribution >= 4 is 5.91 Å². The first-order valence-corrected chi connectivity index (χ1v) is 8.07. The fourth-order valence-corrected chi connectivity index (χ4v) is 3.25. The van der Waals surface area contributed by atoms with Crippen LogP contribution in [0.4, 0.5) is 0 Å². The molecule has 0 heterocycles. The van der Waals surface area contributed by atoms with Gasteiger partial charge in [0.05, 0.1) is 0 Å². The first-order chi connectivity index (χ1) is 9.42. The highest BCUT2D eigenvalue weighted by molar-refractivity contribution is 5.79. The Bertz CT molecular complexity index is 281. The van der Waals surface area contributed by atoms with E-state index < -0.39 is 0 Å². The average Bonchev–Trinajstić information content (AvgIpc) is 2.37. The fraction of sp³-hybridized carbons (Fsp3) is 0.938. The van der Waals surface area contributed by atoms with Crippen LogP contribution in [0.25, 0.3) is 0 Å². The number of amides is 1. The average molecular weight is 283 g/mol. The fourth-order valence-electron chi connectivity index (χ4n) is 3.25. The lowest BCUT2D eigenvalue weighted by Crippen LogP contribution is -2.46. The Kier molecular flexibility index (Phi) is 7.52. The number of hydrogen-bond acceptors (Lipinski definition) is 3. The lowest BCUT2D eigenvalue weighted by molar-refractivity contribution is -0.127. The second-order valence-corrected chi connectivity index (χ2v) is 7.06. The minimum Gasteiger partial charge on any atom is -0.352 e. The molecule has 118 valence electrons. The number of rotatable bonds is 7. The Morgan fingerprint density at radius 1 is 1.35 bits per heavy atom. The molecule has 0 aromatic rings. The summed E-state index contributed by atoms with van der Waals surface area (Å²) in [5.74, 6) is 1.56. The van der Waals surface area contributed by atoms with E-state index in [1.807, 2.05) is 0 Å². The minimum atomic E-state index is 0.175. The summed E-state index contributed by atoms with van der Waals surface area (Å²) in [4.78, 5) is 14.6. The molecule has 1 saturated carbocycles. The number of nitrogens with two attached hydrogens (primary N) is 1. The second-order valence-electron chi connectivity index (χ2n) is 7.06. The topological polar surface area (TPSA) is 58.4 Å². The van der Waals surface area contributed by atoms with E-state index in [2.05, 4.69) is 38.2 Å². The normalized spacial score (nSPS) is 24.9. The number of likely N-dealkylation sites (N-methyl/N-ethyl adjacent to an activating group) is 1. The second kappa shape index (κ2) is 8.63. The Morgan fingerprint density at radius 2 is 2.05 bits per heavy atom. The van der Waals surface area contributed by atoms with E-state index in [0.717, 1.165) is 38.8 Å². The summed E-state index contributed by atoms with van der Waals surface area (Å²) in [6.07, 6.45) is 5.37. The smallest absolute Gasteiger partial charge is 0.223 e. The maximum Gasteiger partial charge on any atom is 0.223 e. The molecule has 1 rings (SSSR count). The van der Waals surface area contributed by atoms with Crippen LogP contribution in [-0.2, 0) is 4.79 Å². The SMILES string of the molecule is CC(C)CC(CN(C)C)NC(=O)C1CCCC(CN)C1. The molecule has 1 amide bonds. The number of hydrogen-bond donors (Lipinski definition) is 2. The summed E-state index contributed by atoms with van der Waals surface area (Å²) in [6, 6.07) is 0.260. The van der Waals surface area contributed by atoms with Gasteiger partial charge in [0.2, 0.25) is 5.91 Å². The maximum absolute atomic E-state index is 12.5. The van der Waals surface area contributed by atoms with Crippen molar-refractivity contribution < 1.29 is 4.79 Å². The van der Waals surface area contributed by atoms with Gasteiger partial charge in [0.25, 0.3) is 0 Å². The molecule has 0 saturated heterocycles. The summed E-state index contributed by atoms with van der Waals surface area (Å²) in [7, 11) is 4.12. The third-order valence-corrected chi connectivity index (χ3v) is 4.17. The van der Waals surface area contributed by atoms with Crippen LogP contribution >= 0.6 is 0 Å². The molecule has 0 aromatic heterocycles. The van der Waals surface area contributed by atoms with E-state index in [-0.39, 0.29) is 17.9 Å². The summed E-state index contributed by atoms with van der Waals surface area (Å²) in [6.45, 7) is 6.05. The van der Waals surface area contributed by atoms with Gasteiger partial charge in [0.15, 0.2) is 0 Å². The first-order valence-electron chi connectivity index (χ1n) is 8.07. The van der Waals surface area contributed by atoms with Gasteiger partial charge in [-0.05, 0) is 58.2 Å². The van der Waals surface area contributed by atoms with Gasteiger partial charge in [-0.1, -0.05) is 20.3 Å². The minimum absolute atomic E-state index is 0.175. The zero-order chi connectivity index (χ0) is 15.1. The molecule has 1 fully saturated rings. The summed E-state index contributed by atoms with van der Waals surface area (Å²) >= 11 is 0. The van der Waals surface area contributed by atoms with Crippen LogP contribution in [0.3, 0.4) is 0 Å². The molecule has 0 spiro atoms. The number of nitrogens with one attached hydrogen (secondary N) is 1. The van der Waals surface area contributed by atoms with Crippen LogP contribution in [0.1, 0.15) is 46.0 Å². The Labute approximate surface area is 124 Å². The first kappa shape index (κ1) is 17.4. The molecule has 0 aromatic carbocycles. The van der Waals surface area contributed by atoms with E-state index in [1.165, 1.54) is 6.42 Å². The van der Waals surface area contributed by atoms with Crippen LogP contribution in [0.2, 0.25) is 0 Å². The molecule has 20 heavy (non-hydrogen) atoms. The standard InChI is InChI=1S/C16H33N3O/c1-12(2)8-15(11-19(3)4)18-16(20)14-7-5-6-13(9-14)10-17/h12-15H,5-11,17H2,1-4H3,(H,18,20). The number of nitrogens with zero attached hydrogens (tertiary/aromatic N) is 1. The summed E-state index contributed by atoms with van der Waals surface area (Å²) in [5.41, 5.74) is 5.76. The Balaban J connectivity index is 2.51. The van der Waals surface area contributed by atoms with Gasteiger partial charge in [-0.25, -0.2) is 0 Å². The molecular weight excluding hydrogens is 250 g/mol. The summed E-state index contributed by atoms with van der Waals surface area (Å²) < 4.78 is 0. The van der Waals surface area contributed by atoms with E-state index in [1.54, 1.807) is 0 Å². The van der Waals surface area contributed by atoms with Crippen molar-refractivity contribution in [3.63, 3.8) is 0 Å². The van der Waals surface area contributed by atoms with Crippen molar-refractivity contribution in [2.75, 3.05) is 27.2 Å². The van der Waals surface area contributed by atoms with Gasteiger partial charge in [-0.3, -0.25) is 4.79 Å². The molecule has 3 N–H and O–H groups in total. The van der Waals surface area contributed by atoms with Crippen LogP contribution < -0.4 is 11.1 Å². The highest BCUT2D eigenvalue weighted by Crippen LogP contribution is 2.28. The van der Waals surface area contributed by atoms with Crippen LogP contribution in [0.15, 0.2) is 0 Å². The third kappa shape index (κ3) is 6.23. The van der Waals surface area contributed by atoms with Crippen molar-refractivity contribution in [1.29, 1.82) is 0 Å². The number of carbonyl (C=O) groups is 1. The molecule has 1 aliphatic rings. The lowest BCUT2D eigenvalue weighted by Gasteiger charge is -2.30. The van der Waals surface area contributed by atoms with Crippen molar-refractivity contribution in [2.24, 2.45) is 23.5 Å². The molecule has 1 aliphatic carbocycles. The quantitative estimate of drug-likeness (QED) is 0.749. The van der Waals surface area contributed by atoms with Gasteiger partial charge in [-0.15, -0.1) is 0 Å². The van der Waals surface area contributed by atoms with Gasteiger partial charge in [0.1, 0.15) is 0 Å². The monoisotopic (exact) mass is 283 g/mol. The molecule has 0 bridgehead atoms. The largest absolute Gasteiger partial charge is 0.352 e. The molecule has 3 atom stereocenters. The van der Waals surface area contributed by atoms with Crippen LogP contribution in [0.5, 0.6) is 0 Å². The van der Waals surface area contributed by atoms with Crippen molar-refractivity contribution in [2.45, 2.75) is 52.0 Å². The van der Waals surface area contributed by atoms with Gasteiger partial charge in [-0.2, -0.15) is 0 Å². The molecule has 4 heteroatoms. The lowest BCUT2D eigenvalue weighted by atomic mass is 9.81. The van der Waals surface area contributed by atoms with E-state index >= 15 is 0 Å². The van der Waals surface area contributed by atoms with Crippen LogP contribution in [0, 0.1) is 17.8 Å². The van der Waals surface area contributed by atoms with Gasteiger partial charge >= 0.3 is 0 Å². The van der Waals surface area contributed by atoms with Crippen molar-refractivity contribution in [3.05, 3.63) is 0 Å². The molecule has 0 radical (unpaired) electrons. The predicted molar refractivity (Wildman–Crippen MR) is 84.4 cm³/mol. The van der Waals surface area contributed by atoms with Crippen molar-refractivity contribution in [1.82, 2.24) is 10.2 Å². The van der Waals surface area contributed by atoms with Gasteiger partial charge in [0, 0.05) is 18.5 Å². The highest BCUT2D eigenvalue weighted by atomic mass is 16.1. The Hall–Kier alpha value is -0.610. The molecule has 3 unspecified atom stereocenters. The Morgan fingerprint density at radius 3 is 2.60 bits per heavy atom.